The van der Waals surface area contributed by atoms with Crippen LogP contribution in [-0.2, 0) is 10.2 Å². The Hall–Kier alpha value is -1.89. The predicted molar refractivity (Wildman–Crippen MR) is 95.6 cm³/mol. The van der Waals surface area contributed by atoms with Gasteiger partial charge in [0.05, 0.1) is 0 Å². The quantitative estimate of drug-likeness (QED) is 0.872. The highest BCUT2D eigenvalue weighted by molar-refractivity contribution is 5.96. The van der Waals surface area contributed by atoms with Crippen LogP contribution in [0.25, 0.3) is 0 Å². The second kappa shape index (κ2) is 7.99. The van der Waals surface area contributed by atoms with Crippen molar-refractivity contribution in [2.24, 2.45) is 0 Å². The molecule has 140 valence electrons. The van der Waals surface area contributed by atoms with Crippen molar-refractivity contribution in [1.29, 1.82) is 0 Å². The van der Waals surface area contributed by atoms with Gasteiger partial charge in [0, 0.05) is 44.6 Å². The molecule has 2 heterocycles. The smallest absolute Gasteiger partial charge is 0.256 e. The molecular weight excluding hydrogens is 320 g/mol. The summed E-state index contributed by atoms with van der Waals surface area (Å²) in [5.74, 6) is 0.367. The number of aryl methyl sites for hydroxylation is 1. The Morgan fingerprint density at radius 1 is 1.20 bits per heavy atom. The van der Waals surface area contributed by atoms with Crippen molar-refractivity contribution >= 4 is 11.8 Å². The van der Waals surface area contributed by atoms with Crippen LogP contribution in [0.5, 0.6) is 0 Å². The molecule has 1 fully saturated rings. The van der Waals surface area contributed by atoms with Crippen LogP contribution in [-0.4, -0.2) is 66.0 Å². The predicted octanol–water partition coefficient (Wildman–Crippen LogP) is 1.56. The molecule has 1 aliphatic rings. The molecule has 7 nitrogen and oxygen atoms in total. The molecular formula is C18H30N4O3. The van der Waals surface area contributed by atoms with Gasteiger partial charge in [-0.15, -0.1) is 0 Å². The lowest BCUT2D eigenvalue weighted by Gasteiger charge is -2.34. The number of nitrogens with one attached hydrogen (secondary N) is 1. The van der Waals surface area contributed by atoms with E-state index in [1.807, 2.05) is 25.7 Å². The minimum Gasteiger partial charge on any atom is -0.361 e. The largest absolute Gasteiger partial charge is 0.361 e. The third-order valence-electron chi connectivity index (χ3n) is 4.60. The molecule has 2 rings (SSSR count). The Morgan fingerprint density at radius 3 is 2.40 bits per heavy atom. The molecule has 7 heteroatoms. The lowest BCUT2D eigenvalue weighted by molar-refractivity contribution is -0.132. The van der Waals surface area contributed by atoms with Gasteiger partial charge in [0.1, 0.15) is 17.0 Å². The van der Waals surface area contributed by atoms with E-state index in [2.05, 4.69) is 22.3 Å². The van der Waals surface area contributed by atoms with E-state index < -0.39 is 0 Å². The molecule has 1 aliphatic heterocycles. The fourth-order valence-corrected chi connectivity index (χ4v) is 2.99. The zero-order valence-corrected chi connectivity index (χ0v) is 16.0. The monoisotopic (exact) mass is 350 g/mol. The molecule has 0 spiro atoms. The Labute approximate surface area is 149 Å². The number of nitrogens with zero attached hydrogens (tertiary/aromatic N) is 3. The van der Waals surface area contributed by atoms with E-state index in [0.29, 0.717) is 30.0 Å². The number of hydrogen-bond acceptors (Lipinski definition) is 5. The van der Waals surface area contributed by atoms with E-state index >= 15 is 0 Å². The molecule has 0 atom stereocenters. The molecule has 0 saturated carbocycles. The number of likely N-dealkylation sites (N-methyl/N-ethyl adjacent to an activating group) is 1. The van der Waals surface area contributed by atoms with Crippen LogP contribution in [0.4, 0.5) is 0 Å². The molecule has 0 aromatic carbocycles. The molecule has 1 saturated heterocycles. The van der Waals surface area contributed by atoms with Gasteiger partial charge in [0.15, 0.2) is 0 Å². The maximum absolute atomic E-state index is 12.5. The summed E-state index contributed by atoms with van der Waals surface area (Å²) in [7, 11) is 0. The highest BCUT2D eigenvalue weighted by Gasteiger charge is 2.29. The number of piperazine rings is 1. The minimum absolute atomic E-state index is 0.0918. The topological polar surface area (TPSA) is 78.7 Å². The summed E-state index contributed by atoms with van der Waals surface area (Å²) >= 11 is 0. The normalized spacial score (nSPS) is 16.1. The average Bonchev–Trinajstić information content (AvgIpc) is 2.96. The molecule has 25 heavy (non-hydrogen) atoms. The fraction of sp³-hybridized carbons (Fsp3) is 0.722. The summed E-state index contributed by atoms with van der Waals surface area (Å²) in [5, 5.41) is 6.86. The zero-order valence-electron chi connectivity index (χ0n) is 16.0. The Bertz CT molecular complexity index is 610. The van der Waals surface area contributed by atoms with Crippen LogP contribution in [0, 0.1) is 6.92 Å². The summed E-state index contributed by atoms with van der Waals surface area (Å²) in [5.41, 5.74) is 0.847. The number of hydrogen-bond donors (Lipinski definition) is 1. The Kier molecular flexibility index (Phi) is 6.21. The van der Waals surface area contributed by atoms with Gasteiger partial charge in [-0.25, -0.2) is 0 Å². The number of aromatic nitrogens is 1. The van der Waals surface area contributed by atoms with Crippen LogP contribution in [0.3, 0.4) is 0 Å². The molecule has 0 aliphatic carbocycles. The average molecular weight is 350 g/mol. The zero-order chi connectivity index (χ0) is 18.6. The SMILES string of the molecule is CCN1CCN(C(=O)CCNC(=O)c2c(C(C)(C)C)noc2C)CC1. The first-order valence-electron chi connectivity index (χ1n) is 8.99. The van der Waals surface area contributed by atoms with Crippen LogP contribution in [0.1, 0.15) is 55.9 Å². The standard InChI is InChI=1S/C18H30N4O3/c1-6-21-9-11-22(12-10-21)14(23)7-8-19-17(24)15-13(2)25-20-16(15)18(3,4)5/h6-12H2,1-5H3,(H,19,24). The van der Waals surface area contributed by atoms with E-state index in [1.54, 1.807) is 6.92 Å². The summed E-state index contributed by atoms with van der Waals surface area (Å²) in [6.45, 7) is 14.5. The van der Waals surface area contributed by atoms with Gasteiger partial charge in [-0.3, -0.25) is 9.59 Å². The highest BCUT2D eigenvalue weighted by atomic mass is 16.5. The van der Waals surface area contributed by atoms with Crippen molar-refractivity contribution in [3.05, 3.63) is 17.0 Å². The van der Waals surface area contributed by atoms with Crippen molar-refractivity contribution in [2.75, 3.05) is 39.3 Å². The first kappa shape index (κ1) is 19.4. The maximum Gasteiger partial charge on any atom is 0.256 e. The fourth-order valence-electron chi connectivity index (χ4n) is 2.99. The van der Waals surface area contributed by atoms with Crippen LogP contribution >= 0.6 is 0 Å². The molecule has 2 amide bonds. The molecule has 1 aromatic heterocycles. The lowest BCUT2D eigenvalue weighted by atomic mass is 9.88. The highest BCUT2D eigenvalue weighted by Crippen LogP contribution is 2.26. The number of carbonyl (C=O) groups is 2. The summed E-state index contributed by atoms with van der Waals surface area (Å²) < 4.78 is 5.20. The van der Waals surface area contributed by atoms with Gasteiger partial charge in [-0.2, -0.15) is 0 Å². The number of rotatable bonds is 5. The molecule has 1 aromatic rings. The van der Waals surface area contributed by atoms with Gasteiger partial charge in [0.25, 0.3) is 5.91 Å². The lowest BCUT2D eigenvalue weighted by Crippen LogP contribution is -2.49. The van der Waals surface area contributed by atoms with E-state index in [0.717, 1.165) is 32.7 Å². The maximum atomic E-state index is 12.5. The molecule has 0 unspecified atom stereocenters. The Balaban J connectivity index is 1.85. The van der Waals surface area contributed by atoms with Crippen molar-refractivity contribution in [3.63, 3.8) is 0 Å². The second-order valence-electron chi connectivity index (χ2n) is 7.53. The first-order chi connectivity index (χ1) is 11.7. The van der Waals surface area contributed by atoms with Crippen LogP contribution in [0.2, 0.25) is 0 Å². The minimum atomic E-state index is -0.279. The summed E-state index contributed by atoms with van der Waals surface area (Å²) in [6, 6.07) is 0. The van der Waals surface area contributed by atoms with Gasteiger partial charge >= 0.3 is 0 Å². The summed E-state index contributed by atoms with van der Waals surface area (Å²) in [6.07, 6.45) is 0.313. The van der Waals surface area contributed by atoms with Crippen molar-refractivity contribution in [1.82, 2.24) is 20.3 Å². The van der Waals surface area contributed by atoms with E-state index in [9.17, 15) is 9.59 Å². The van der Waals surface area contributed by atoms with Gasteiger partial charge in [-0.05, 0) is 13.5 Å². The van der Waals surface area contributed by atoms with Crippen molar-refractivity contribution in [2.45, 2.75) is 46.5 Å². The molecule has 1 N–H and O–H groups in total. The molecule has 0 radical (unpaired) electrons. The van der Waals surface area contributed by atoms with Crippen molar-refractivity contribution < 1.29 is 14.1 Å². The van der Waals surface area contributed by atoms with Gasteiger partial charge in [0.2, 0.25) is 5.91 Å². The van der Waals surface area contributed by atoms with E-state index in [-0.39, 0.29) is 17.2 Å². The van der Waals surface area contributed by atoms with Crippen LogP contribution < -0.4 is 5.32 Å². The third kappa shape index (κ3) is 4.81. The van der Waals surface area contributed by atoms with Crippen molar-refractivity contribution in [3.8, 4) is 0 Å². The van der Waals surface area contributed by atoms with Gasteiger partial charge < -0.3 is 19.6 Å². The summed E-state index contributed by atoms with van der Waals surface area (Å²) in [4.78, 5) is 29.0. The van der Waals surface area contributed by atoms with E-state index in [4.69, 9.17) is 4.52 Å². The molecule has 0 bridgehead atoms. The van der Waals surface area contributed by atoms with Gasteiger partial charge in [-0.1, -0.05) is 32.9 Å². The number of carbonyl (C=O) groups excluding carboxylic acids is 2. The Morgan fingerprint density at radius 2 is 1.84 bits per heavy atom. The van der Waals surface area contributed by atoms with Crippen LogP contribution in [0.15, 0.2) is 4.52 Å². The number of amides is 2. The third-order valence-corrected chi connectivity index (χ3v) is 4.60. The first-order valence-corrected chi connectivity index (χ1v) is 8.99. The second-order valence-corrected chi connectivity index (χ2v) is 7.53. The van der Waals surface area contributed by atoms with E-state index in [1.165, 1.54) is 0 Å².